The van der Waals surface area contributed by atoms with E-state index in [0.29, 0.717) is 32.1 Å². The Bertz CT molecular complexity index is 751. The molecule has 0 radical (unpaired) electrons. The molecule has 0 unspecified atom stereocenters. The molecule has 0 atom stereocenters. The molecule has 0 spiro atoms. The Labute approximate surface area is 167 Å². The number of hydrogen-bond donors (Lipinski definition) is 0. The smallest absolute Gasteiger partial charge is 0.260 e. The SMILES string of the molecule is CC1CCC(N(C)C(=O)COc2ccc(S(=O)(=O)N3CCOCC3)cc2)CC1. The summed E-state index contributed by atoms with van der Waals surface area (Å²) in [7, 11) is -1.68. The van der Waals surface area contributed by atoms with Crippen molar-refractivity contribution < 1.29 is 22.7 Å². The van der Waals surface area contributed by atoms with Gasteiger partial charge in [-0.3, -0.25) is 4.79 Å². The number of benzene rings is 1. The third-order valence-electron chi connectivity index (χ3n) is 5.72. The van der Waals surface area contributed by atoms with E-state index in [-0.39, 0.29) is 23.5 Å². The fraction of sp³-hybridized carbons (Fsp3) is 0.650. The van der Waals surface area contributed by atoms with Gasteiger partial charge in [0.25, 0.3) is 5.91 Å². The summed E-state index contributed by atoms with van der Waals surface area (Å²) in [5.74, 6) is 1.17. The summed E-state index contributed by atoms with van der Waals surface area (Å²) >= 11 is 0. The van der Waals surface area contributed by atoms with Gasteiger partial charge in [0.2, 0.25) is 10.0 Å². The topological polar surface area (TPSA) is 76.2 Å². The molecule has 2 fully saturated rings. The summed E-state index contributed by atoms with van der Waals surface area (Å²) < 4.78 is 37.5. The van der Waals surface area contributed by atoms with E-state index in [4.69, 9.17) is 9.47 Å². The summed E-state index contributed by atoms with van der Waals surface area (Å²) in [4.78, 5) is 14.4. The molecule has 8 heteroatoms. The van der Waals surface area contributed by atoms with Crippen molar-refractivity contribution in [1.82, 2.24) is 9.21 Å². The van der Waals surface area contributed by atoms with Crippen LogP contribution in [0.1, 0.15) is 32.6 Å². The second-order valence-electron chi connectivity index (χ2n) is 7.69. The Morgan fingerprint density at radius 3 is 2.36 bits per heavy atom. The quantitative estimate of drug-likeness (QED) is 0.718. The molecule has 2 aliphatic rings. The van der Waals surface area contributed by atoms with Gasteiger partial charge < -0.3 is 14.4 Å². The van der Waals surface area contributed by atoms with Crippen molar-refractivity contribution in [3.8, 4) is 5.75 Å². The van der Waals surface area contributed by atoms with E-state index < -0.39 is 10.0 Å². The van der Waals surface area contributed by atoms with Crippen LogP contribution in [-0.4, -0.2) is 69.5 Å². The van der Waals surface area contributed by atoms with E-state index in [1.165, 1.54) is 16.4 Å². The van der Waals surface area contributed by atoms with Crippen LogP contribution in [0.4, 0.5) is 0 Å². The maximum absolute atomic E-state index is 12.6. The van der Waals surface area contributed by atoms with Gasteiger partial charge in [0.05, 0.1) is 18.1 Å². The molecule has 0 N–H and O–H groups in total. The minimum atomic E-state index is -3.52. The number of amides is 1. The molecule has 0 aromatic heterocycles. The second-order valence-corrected chi connectivity index (χ2v) is 9.63. The monoisotopic (exact) mass is 410 g/mol. The summed E-state index contributed by atoms with van der Waals surface area (Å²) in [6, 6.07) is 6.53. The molecular formula is C20H30N2O5S. The fourth-order valence-corrected chi connectivity index (χ4v) is 5.13. The number of carbonyl (C=O) groups is 1. The average molecular weight is 411 g/mol. The molecule has 1 aliphatic carbocycles. The first-order valence-corrected chi connectivity index (χ1v) is 11.4. The minimum absolute atomic E-state index is 0.0435. The van der Waals surface area contributed by atoms with E-state index in [1.807, 2.05) is 7.05 Å². The van der Waals surface area contributed by atoms with Crippen LogP contribution in [0, 0.1) is 5.92 Å². The molecule has 0 bridgehead atoms. The van der Waals surface area contributed by atoms with Crippen molar-refractivity contribution in [3.63, 3.8) is 0 Å². The highest BCUT2D eigenvalue weighted by Gasteiger charge is 2.27. The normalized spacial score (nSPS) is 23.9. The van der Waals surface area contributed by atoms with Crippen molar-refractivity contribution >= 4 is 15.9 Å². The molecule has 1 aliphatic heterocycles. The Balaban J connectivity index is 1.53. The van der Waals surface area contributed by atoms with Crippen molar-refractivity contribution in [2.24, 2.45) is 5.92 Å². The van der Waals surface area contributed by atoms with Crippen LogP contribution in [0.5, 0.6) is 5.75 Å². The van der Waals surface area contributed by atoms with Gasteiger partial charge in [-0.25, -0.2) is 8.42 Å². The molecule has 1 saturated heterocycles. The van der Waals surface area contributed by atoms with Gasteiger partial charge in [-0.2, -0.15) is 4.31 Å². The van der Waals surface area contributed by atoms with Crippen LogP contribution >= 0.6 is 0 Å². The highest BCUT2D eigenvalue weighted by atomic mass is 32.2. The van der Waals surface area contributed by atoms with Crippen molar-refractivity contribution in [3.05, 3.63) is 24.3 Å². The predicted octanol–water partition coefficient (Wildman–Crippen LogP) is 2.12. The minimum Gasteiger partial charge on any atom is -0.484 e. The van der Waals surface area contributed by atoms with E-state index in [2.05, 4.69) is 6.92 Å². The number of rotatable bonds is 6. The van der Waals surface area contributed by atoms with Crippen LogP contribution in [0.15, 0.2) is 29.2 Å². The van der Waals surface area contributed by atoms with E-state index in [9.17, 15) is 13.2 Å². The maximum atomic E-state index is 12.6. The molecule has 28 heavy (non-hydrogen) atoms. The number of nitrogens with zero attached hydrogens (tertiary/aromatic N) is 2. The molecule has 1 saturated carbocycles. The maximum Gasteiger partial charge on any atom is 0.260 e. The summed E-state index contributed by atoms with van der Waals surface area (Å²) in [6.07, 6.45) is 4.39. The van der Waals surface area contributed by atoms with Gasteiger partial charge in [-0.1, -0.05) is 6.92 Å². The first-order chi connectivity index (χ1) is 13.4. The number of ether oxygens (including phenoxy) is 2. The molecule has 156 valence electrons. The summed E-state index contributed by atoms with van der Waals surface area (Å²) in [5.41, 5.74) is 0. The number of sulfonamides is 1. The first kappa shape index (κ1) is 21.1. The van der Waals surface area contributed by atoms with Gasteiger partial charge in [-0.05, 0) is 55.9 Å². The molecule has 1 aromatic rings. The van der Waals surface area contributed by atoms with E-state index >= 15 is 0 Å². The number of carbonyl (C=O) groups excluding carboxylic acids is 1. The van der Waals surface area contributed by atoms with Crippen molar-refractivity contribution in [2.75, 3.05) is 40.0 Å². The summed E-state index contributed by atoms with van der Waals surface area (Å²) in [6.45, 7) is 3.76. The Morgan fingerprint density at radius 2 is 1.75 bits per heavy atom. The molecular weight excluding hydrogens is 380 g/mol. The third-order valence-corrected chi connectivity index (χ3v) is 7.63. The zero-order chi connectivity index (χ0) is 20.1. The van der Waals surface area contributed by atoms with Crippen LogP contribution in [0.3, 0.4) is 0 Å². The van der Waals surface area contributed by atoms with Crippen molar-refractivity contribution in [2.45, 2.75) is 43.5 Å². The summed E-state index contributed by atoms with van der Waals surface area (Å²) in [5, 5.41) is 0. The van der Waals surface area contributed by atoms with Crippen LogP contribution in [-0.2, 0) is 19.6 Å². The van der Waals surface area contributed by atoms with E-state index in [1.54, 1.807) is 17.0 Å². The van der Waals surface area contributed by atoms with Gasteiger partial charge in [0.15, 0.2) is 6.61 Å². The lowest BCUT2D eigenvalue weighted by atomic mass is 9.87. The zero-order valence-electron chi connectivity index (χ0n) is 16.7. The lowest BCUT2D eigenvalue weighted by Crippen LogP contribution is -2.41. The van der Waals surface area contributed by atoms with Gasteiger partial charge in [0.1, 0.15) is 5.75 Å². The number of morpholine rings is 1. The molecule has 1 heterocycles. The highest BCUT2D eigenvalue weighted by Crippen LogP contribution is 2.26. The zero-order valence-corrected chi connectivity index (χ0v) is 17.5. The molecule has 1 amide bonds. The second kappa shape index (κ2) is 9.24. The Morgan fingerprint density at radius 1 is 1.14 bits per heavy atom. The largest absolute Gasteiger partial charge is 0.484 e. The molecule has 3 rings (SSSR count). The first-order valence-electron chi connectivity index (χ1n) is 9.94. The number of likely N-dealkylation sites (N-methyl/N-ethyl adjacent to an activating group) is 1. The lowest BCUT2D eigenvalue weighted by molar-refractivity contribution is -0.134. The Hall–Kier alpha value is -1.64. The van der Waals surface area contributed by atoms with E-state index in [0.717, 1.165) is 31.6 Å². The fourth-order valence-electron chi connectivity index (χ4n) is 3.72. The van der Waals surface area contributed by atoms with Crippen molar-refractivity contribution in [1.29, 1.82) is 0 Å². The standard InChI is InChI=1S/C20H30N2O5S/c1-16-3-5-17(6-4-16)21(2)20(23)15-27-18-7-9-19(10-8-18)28(24,25)22-11-13-26-14-12-22/h7-10,16-17H,3-6,11-15H2,1-2H3. The van der Waals surface area contributed by atoms with Crippen LogP contribution < -0.4 is 4.74 Å². The van der Waals surface area contributed by atoms with Crippen LogP contribution in [0.2, 0.25) is 0 Å². The van der Waals surface area contributed by atoms with Crippen LogP contribution in [0.25, 0.3) is 0 Å². The lowest BCUT2D eigenvalue weighted by Gasteiger charge is -2.33. The average Bonchev–Trinajstić information content (AvgIpc) is 2.73. The Kier molecular flexibility index (Phi) is 6.95. The van der Waals surface area contributed by atoms with Gasteiger partial charge >= 0.3 is 0 Å². The number of hydrogen-bond acceptors (Lipinski definition) is 5. The predicted molar refractivity (Wildman–Crippen MR) is 106 cm³/mol. The molecule has 1 aromatic carbocycles. The highest BCUT2D eigenvalue weighted by molar-refractivity contribution is 7.89. The molecule has 7 nitrogen and oxygen atoms in total. The third kappa shape index (κ3) is 5.04. The van der Waals surface area contributed by atoms with Gasteiger partial charge in [0, 0.05) is 26.2 Å². The van der Waals surface area contributed by atoms with Gasteiger partial charge in [-0.15, -0.1) is 0 Å².